The van der Waals surface area contributed by atoms with Crippen LogP contribution in [-0.2, 0) is 21.2 Å². The van der Waals surface area contributed by atoms with E-state index in [1.54, 1.807) is 24.1 Å². The van der Waals surface area contributed by atoms with Crippen molar-refractivity contribution in [2.45, 2.75) is 24.3 Å². The minimum Gasteiger partial charge on any atom is -0.339 e. The lowest BCUT2D eigenvalue weighted by molar-refractivity contribution is -0.131. The smallest absolute Gasteiger partial charge is 0.238 e. The first-order valence-corrected chi connectivity index (χ1v) is 11.1. The number of aromatic nitrogens is 1. The van der Waals surface area contributed by atoms with Gasteiger partial charge in [-0.2, -0.15) is 0 Å². The Balaban J connectivity index is 1.72. The van der Waals surface area contributed by atoms with Gasteiger partial charge in [0, 0.05) is 18.0 Å². The average Bonchev–Trinajstić information content (AvgIpc) is 3.15. The number of carbonyl (C=O) groups excluding carboxylic acids is 1. The Morgan fingerprint density at radius 3 is 2.57 bits per heavy atom. The highest BCUT2D eigenvalue weighted by molar-refractivity contribution is 7.89. The van der Waals surface area contributed by atoms with Crippen LogP contribution in [0.15, 0.2) is 64.9 Å². The fourth-order valence-corrected chi connectivity index (χ4v) is 4.17. The summed E-state index contributed by atoms with van der Waals surface area (Å²) in [5.74, 6) is -0.0987. The first-order valence-electron chi connectivity index (χ1n) is 8.64. The third-order valence-electron chi connectivity index (χ3n) is 4.55. The summed E-state index contributed by atoms with van der Waals surface area (Å²) in [7, 11) is -2.09. The van der Waals surface area contributed by atoms with Crippen LogP contribution < -0.4 is 5.14 Å². The maximum Gasteiger partial charge on any atom is 0.238 e. The lowest BCUT2D eigenvalue weighted by Gasteiger charge is -2.25. The number of hydrogen-bond donors (Lipinski definition) is 1. The molecule has 0 saturated carbocycles. The van der Waals surface area contributed by atoms with E-state index in [2.05, 4.69) is 4.98 Å². The van der Waals surface area contributed by atoms with Crippen LogP contribution in [0.4, 0.5) is 0 Å². The van der Waals surface area contributed by atoms with Gasteiger partial charge in [0.15, 0.2) is 0 Å². The van der Waals surface area contributed by atoms with Crippen molar-refractivity contribution >= 4 is 27.3 Å². The Morgan fingerprint density at radius 2 is 1.89 bits per heavy atom. The van der Waals surface area contributed by atoms with Gasteiger partial charge < -0.3 is 4.90 Å². The van der Waals surface area contributed by atoms with Crippen molar-refractivity contribution in [3.8, 4) is 10.6 Å². The largest absolute Gasteiger partial charge is 0.339 e. The summed E-state index contributed by atoms with van der Waals surface area (Å²) in [6, 6.07) is 15.8. The monoisotopic (exact) mass is 415 g/mol. The molecule has 1 atom stereocenters. The van der Waals surface area contributed by atoms with Gasteiger partial charge in [-0.3, -0.25) is 4.79 Å². The zero-order chi connectivity index (χ0) is 20.3. The number of rotatable bonds is 6. The molecule has 3 aromatic rings. The minimum absolute atomic E-state index is 0.0321. The van der Waals surface area contributed by atoms with E-state index in [4.69, 9.17) is 5.14 Å². The molecule has 6 nitrogen and oxygen atoms in total. The number of nitrogens with two attached hydrogens (primary N) is 1. The van der Waals surface area contributed by atoms with Crippen molar-refractivity contribution in [3.05, 3.63) is 71.2 Å². The van der Waals surface area contributed by atoms with Crippen molar-refractivity contribution in [3.63, 3.8) is 0 Å². The molecule has 0 bridgehead atoms. The molecule has 1 unspecified atom stereocenters. The predicted octanol–water partition coefficient (Wildman–Crippen LogP) is 3.22. The number of hydrogen-bond acceptors (Lipinski definition) is 5. The third-order valence-corrected chi connectivity index (χ3v) is 6.40. The van der Waals surface area contributed by atoms with E-state index in [0.717, 1.165) is 10.6 Å². The molecule has 28 heavy (non-hydrogen) atoms. The highest BCUT2D eigenvalue weighted by Crippen LogP contribution is 2.25. The Labute approximate surface area is 168 Å². The highest BCUT2D eigenvalue weighted by atomic mass is 32.2. The molecule has 0 aliphatic rings. The van der Waals surface area contributed by atoms with Crippen molar-refractivity contribution in [1.29, 1.82) is 0 Å². The van der Waals surface area contributed by atoms with Gasteiger partial charge in [0.05, 0.1) is 23.1 Å². The number of primary sulfonamides is 1. The number of amides is 1. The average molecular weight is 416 g/mol. The van der Waals surface area contributed by atoms with E-state index in [1.165, 1.54) is 23.5 Å². The second-order valence-corrected chi connectivity index (χ2v) is 8.90. The zero-order valence-corrected chi connectivity index (χ0v) is 17.2. The van der Waals surface area contributed by atoms with Crippen LogP contribution in [0.1, 0.15) is 24.2 Å². The molecule has 1 aromatic heterocycles. The number of carbonyl (C=O) groups is 1. The van der Waals surface area contributed by atoms with Gasteiger partial charge in [-0.05, 0) is 24.6 Å². The molecule has 0 aliphatic heterocycles. The van der Waals surface area contributed by atoms with E-state index in [-0.39, 0.29) is 23.3 Å². The predicted molar refractivity (Wildman–Crippen MR) is 110 cm³/mol. The molecule has 0 aliphatic carbocycles. The molecule has 0 fully saturated rings. The molecular formula is C20H21N3O3S2. The Bertz CT molecular complexity index is 1080. The maximum atomic E-state index is 12.7. The molecule has 0 radical (unpaired) electrons. The maximum absolute atomic E-state index is 12.7. The van der Waals surface area contributed by atoms with Gasteiger partial charge in [0.25, 0.3) is 0 Å². The van der Waals surface area contributed by atoms with Crippen LogP contribution in [0.3, 0.4) is 0 Å². The zero-order valence-electron chi connectivity index (χ0n) is 15.6. The van der Waals surface area contributed by atoms with Crippen LogP contribution in [0.2, 0.25) is 0 Å². The number of thiazole rings is 1. The van der Waals surface area contributed by atoms with E-state index < -0.39 is 10.0 Å². The quantitative estimate of drug-likeness (QED) is 0.669. The van der Waals surface area contributed by atoms with Crippen LogP contribution in [0.25, 0.3) is 10.6 Å². The van der Waals surface area contributed by atoms with E-state index in [9.17, 15) is 13.2 Å². The topological polar surface area (TPSA) is 93.4 Å². The molecule has 0 saturated heterocycles. The van der Waals surface area contributed by atoms with E-state index in [1.807, 2.05) is 42.6 Å². The molecule has 1 amide bonds. The van der Waals surface area contributed by atoms with Crippen molar-refractivity contribution in [1.82, 2.24) is 9.88 Å². The second-order valence-electron chi connectivity index (χ2n) is 6.48. The van der Waals surface area contributed by atoms with Crippen LogP contribution in [0, 0.1) is 0 Å². The van der Waals surface area contributed by atoms with Crippen molar-refractivity contribution < 1.29 is 13.2 Å². The molecular weight excluding hydrogens is 394 g/mol. The standard InChI is InChI=1S/C20H21N3O3S2/c1-14(16-9-6-10-18(11-16)28(21,25)26)23(2)19(24)12-17-13-27-20(22-17)15-7-4-3-5-8-15/h3-11,13-14H,12H2,1-2H3,(H2,21,25,26). The first-order chi connectivity index (χ1) is 13.3. The van der Waals surface area contributed by atoms with Gasteiger partial charge in [-0.25, -0.2) is 18.5 Å². The summed E-state index contributed by atoms with van der Waals surface area (Å²) in [5.41, 5.74) is 2.43. The van der Waals surface area contributed by atoms with Crippen LogP contribution in [-0.4, -0.2) is 31.3 Å². The summed E-state index contributed by atoms with van der Waals surface area (Å²) in [5, 5.41) is 7.96. The minimum atomic E-state index is -3.79. The van der Waals surface area contributed by atoms with Gasteiger partial charge in [-0.15, -0.1) is 11.3 Å². The van der Waals surface area contributed by atoms with E-state index in [0.29, 0.717) is 11.3 Å². The Morgan fingerprint density at radius 1 is 1.18 bits per heavy atom. The summed E-state index contributed by atoms with van der Waals surface area (Å²) in [6.45, 7) is 1.84. The summed E-state index contributed by atoms with van der Waals surface area (Å²) in [4.78, 5) is 18.9. The third kappa shape index (κ3) is 4.64. The molecule has 2 N–H and O–H groups in total. The molecule has 1 heterocycles. The van der Waals surface area contributed by atoms with Gasteiger partial charge >= 0.3 is 0 Å². The number of sulfonamides is 1. The summed E-state index contributed by atoms with van der Waals surface area (Å²) < 4.78 is 23.1. The first kappa shape index (κ1) is 20.2. The Kier molecular flexibility index (Phi) is 5.93. The van der Waals surface area contributed by atoms with Gasteiger partial charge in [0.1, 0.15) is 5.01 Å². The molecule has 3 rings (SSSR count). The van der Waals surface area contributed by atoms with Gasteiger partial charge in [0.2, 0.25) is 15.9 Å². The van der Waals surface area contributed by atoms with Crippen molar-refractivity contribution in [2.75, 3.05) is 7.05 Å². The van der Waals surface area contributed by atoms with Crippen molar-refractivity contribution in [2.24, 2.45) is 5.14 Å². The lowest BCUT2D eigenvalue weighted by atomic mass is 10.1. The molecule has 8 heteroatoms. The SMILES string of the molecule is CC(c1cccc(S(N)(=O)=O)c1)N(C)C(=O)Cc1csc(-c2ccccc2)n1. The summed E-state index contributed by atoms with van der Waals surface area (Å²) in [6.07, 6.45) is 0.180. The Hall–Kier alpha value is -2.55. The highest BCUT2D eigenvalue weighted by Gasteiger charge is 2.20. The fraction of sp³-hybridized carbons (Fsp3) is 0.200. The number of benzene rings is 2. The number of likely N-dealkylation sites (N-methyl/N-ethyl adjacent to an activating group) is 1. The van der Waals surface area contributed by atoms with E-state index >= 15 is 0 Å². The lowest BCUT2D eigenvalue weighted by Crippen LogP contribution is -2.31. The van der Waals surface area contributed by atoms with Gasteiger partial charge in [-0.1, -0.05) is 42.5 Å². The summed E-state index contributed by atoms with van der Waals surface area (Å²) >= 11 is 1.50. The number of nitrogens with zero attached hydrogens (tertiary/aromatic N) is 2. The van der Waals surface area contributed by atoms with Crippen LogP contribution >= 0.6 is 11.3 Å². The molecule has 0 spiro atoms. The fourth-order valence-electron chi connectivity index (χ4n) is 2.77. The molecule has 2 aromatic carbocycles. The molecule has 146 valence electrons. The van der Waals surface area contributed by atoms with Crippen LogP contribution in [0.5, 0.6) is 0 Å². The normalized spacial score (nSPS) is 12.5. The second kappa shape index (κ2) is 8.22.